The molecule has 56 valence electrons. The van der Waals surface area contributed by atoms with E-state index >= 15 is 0 Å². The molecule has 0 unspecified atom stereocenters. The highest BCUT2D eigenvalue weighted by Crippen LogP contribution is 1.83. The van der Waals surface area contributed by atoms with Crippen LogP contribution in [0.3, 0.4) is 0 Å². The van der Waals surface area contributed by atoms with Crippen LogP contribution in [0.25, 0.3) is 0 Å². The van der Waals surface area contributed by atoms with Gasteiger partial charge in [-0.05, 0) is 6.07 Å². The summed E-state index contributed by atoms with van der Waals surface area (Å²) in [6.07, 6.45) is 1.58. The van der Waals surface area contributed by atoms with Crippen molar-refractivity contribution in [3.8, 4) is 0 Å². The third-order valence-electron chi connectivity index (χ3n) is 1.12. The van der Waals surface area contributed by atoms with Crippen molar-refractivity contribution in [3.63, 3.8) is 0 Å². The number of halogens is 1. The van der Waals surface area contributed by atoms with Crippen molar-refractivity contribution < 1.29 is 0 Å². The van der Waals surface area contributed by atoms with E-state index in [2.05, 4.69) is 4.98 Å². The molecule has 0 bridgehead atoms. The average molecular weight is 161 g/mol. The molecular formula is C6H9ClN2O. The van der Waals surface area contributed by atoms with Crippen LogP contribution in [0, 0.1) is 0 Å². The molecule has 0 saturated heterocycles. The Morgan fingerprint density at radius 2 is 2.30 bits per heavy atom. The molecule has 0 aliphatic heterocycles. The normalized spacial score (nSPS) is 8.50. The van der Waals surface area contributed by atoms with Gasteiger partial charge in [0.05, 0.1) is 0 Å². The fourth-order valence-electron chi connectivity index (χ4n) is 0.617. The van der Waals surface area contributed by atoms with Crippen LogP contribution in [0.1, 0.15) is 5.56 Å². The lowest BCUT2D eigenvalue weighted by Gasteiger charge is -1.89. The predicted octanol–water partition coefficient (Wildman–Crippen LogP) is 0.255. The third kappa shape index (κ3) is 1.86. The molecule has 0 saturated carbocycles. The lowest BCUT2D eigenvalue weighted by Crippen LogP contribution is -2.14. The molecule has 0 aliphatic rings. The van der Waals surface area contributed by atoms with E-state index in [1.165, 1.54) is 0 Å². The van der Waals surface area contributed by atoms with E-state index in [-0.39, 0.29) is 18.0 Å². The Labute approximate surface area is 64.7 Å². The maximum Gasteiger partial charge on any atom is 0.252 e. The topological polar surface area (TPSA) is 58.9 Å². The van der Waals surface area contributed by atoms with Crippen LogP contribution in [-0.4, -0.2) is 4.98 Å². The van der Waals surface area contributed by atoms with Gasteiger partial charge in [-0.15, -0.1) is 12.4 Å². The van der Waals surface area contributed by atoms with E-state index in [0.717, 1.165) is 0 Å². The zero-order chi connectivity index (χ0) is 6.69. The molecule has 0 radical (unpaired) electrons. The first-order chi connectivity index (χ1) is 4.34. The van der Waals surface area contributed by atoms with Gasteiger partial charge in [0.15, 0.2) is 0 Å². The molecule has 0 atom stereocenters. The van der Waals surface area contributed by atoms with Crippen LogP contribution in [0.4, 0.5) is 0 Å². The summed E-state index contributed by atoms with van der Waals surface area (Å²) >= 11 is 0. The quantitative estimate of drug-likeness (QED) is 0.619. The number of nitrogens with two attached hydrogens (primary N) is 1. The average Bonchev–Trinajstić information content (AvgIpc) is 1.89. The summed E-state index contributed by atoms with van der Waals surface area (Å²) in [5.41, 5.74) is 5.76. The lowest BCUT2D eigenvalue weighted by atomic mass is 10.3. The molecule has 3 N–H and O–H groups in total. The van der Waals surface area contributed by atoms with E-state index < -0.39 is 0 Å². The van der Waals surface area contributed by atoms with Gasteiger partial charge in [0, 0.05) is 18.3 Å². The Morgan fingerprint density at radius 3 is 2.70 bits per heavy atom. The van der Waals surface area contributed by atoms with Gasteiger partial charge in [0.25, 0.3) is 5.56 Å². The number of rotatable bonds is 1. The number of pyridine rings is 1. The van der Waals surface area contributed by atoms with Gasteiger partial charge in [-0.2, -0.15) is 0 Å². The minimum atomic E-state index is -0.0972. The number of hydrogen-bond donors (Lipinski definition) is 2. The Bertz CT molecular complexity index is 246. The van der Waals surface area contributed by atoms with Crippen LogP contribution in [0.15, 0.2) is 23.1 Å². The van der Waals surface area contributed by atoms with Gasteiger partial charge < -0.3 is 10.7 Å². The predicted molar refractivity (Wildman–Crippen MR) is 42.2 cm³/mol. The molecule has 1 aromatic heterocycles. The van der Waals surface area contributed by atoms with Gasteiger partial charge in [-0.25, -0.2) is 0 Å². The second-order valence-electron chi connectivity index (χ2n) is 1.73. The van der Waals surface area contributed by atoms with Gasteiger partial charge >= 0.3 is 0 Å². The molecule has 0 fully saturated rings. The van der Waals surface area contributed by atoms with Crippen molar-refractivity contribution in [2.45, 2.75) is 6.54 Å². The smallest absolute Gasteiger partial charge is 0.252 e. The number of hydrogen-bond acceptors (Lipinski definition) is 2. The van der Waals surface area contributed by atoms with Gasteiger partial charge in [-0.1, -0.05) is 6.07 Å². The zero-order valence-corrected chi connectivity index (χ0v) is 6.15. The summed E-state index contributed by atoms with van der Waals surface area (Å²) in [4.78, 5) is 13.2. The van der Waals surface area contributed by atoms with E-state index in [0.29, 0.717) is 12.1 Å². The van der Waals surface area contributed by atoms with Crippen LogP contribution in [-0.2, 0) is 6.54 Å². The van der Waals surface area contributed by atoms with E-state index in [4.69, 9.17) is 5.73 Å². The van der Waals surface area contributed by atoms with Crippen molar-refractivity contribution in [1.82, 2.24) is 4.98 Å². The molecule has 0 aromatic carbocycles. The third-order valence-corrected chi connectivity index (χ3v) is 1.12. The summed E-state index contributed by atoms with van der Waals surface area (Å²) in [6, 6.07) is 3.46. The zero-order valence-electron chi connectivity index (χ0n) is 5.33. The molecule has 0 spiro atoms. The molecule has 1 heterocycles. The molecule has 10 heavy (non-hydrogen) atoms. The fraction of sp³-hybridized carbons (Fsp3) is 0.167. The van der Waals surface area contributed by atoms with E-state index in [1.54, 1.807) is 18.3 Å². The Hall–Kier alpha value is -0.800. The molecular weight excluding hydrogens is 152 g/mol. The highest BCUT2D eigenvalue weighted by Gasteiger charge is 1.90. The summed E-state index contributed by atoms with van der Waals surface area (Å²) in [6.45, 7) is 0.302. The summed E-state index contributed by atoms with van der Waals surface area (Å²) < 4.78 is 0. The first-order valence-electron chi connectivity index (χ1n) is 2.71. The van der Waals surface area contributed by atoms with Crippen LogP contribution in [0.2, 0.25) is 0 Å². The molecule has 0 aliphatic carbocycles. The monoisotopic (exact) mass is 160 g/mol. The van der Waals surface area contributed by atoms with Gasteiger partial charge in [-0.3, -0.25) is 4.79 Å². The maximum absolute atomic E-state index is 10.7. The number of nitrogens with one attached hydrogen (secondary N) is 1. The summed E-state index contributed by atoms with van der Waals surface area (Å²) in [5.74, 6) is 0. The Morgan fingerprint density at radius 1 is 1.60 bits per heavy atom. The molecule has 1 aromatic rings. The van der Waals surface area contributed by atoms with Crippen molar-refractivity contribution in [3.05, 3.63) is 34.2 Å². The second kappa shape index (κ2) is 4.09. The summed E-state index contributed by atoms with van der Waals surface area (Å²) in [5, 5.41) is 0. The minimum Gasteiger partial charge on any atom is -0.329 e. The van der Waals surface area contributed by atoms with Crippen LogP contribution >= 0.6 is 12.4 Å². The number of aromatic amines is 1. The largest absolute Gasteiger partial charge is 0.329 e. The fourth-order valence-corrected chi connectivity index (χ4v) is 0.617. The maximum atomic E-state index is 10.7. The second-order valence-corrected chi connectivity index (χ2v) is 1.73. The SMILES string of the molecule is Cl.NCc1ccc[nH]c1=O. The standard InChI is InChI=1S/C6H8N2O.ClH/c7-4-5-2-1-3-8-6(5)9;/h1-3H,4,7H2,(H,8,9);1H. The molecule has 4 heteroatoms. The lowest BCUT2D eigenvalue weighted by molar-refractivity contribution is 1.02. The first kappa shape index (κ1) is 9.20. The highest BCUT2D eigenvalue weighted by atomic mass is 35.5. The highest BCUT2D eigenvalue weighted by molar-refractivity contribution is 5.85. The van der Waals surface area contributed by atoms with E-state index in [9.17, 15) is 4.79 Å². The van der Waals surface area contributed by atoms with Gasteiger partial charge in [0.1, 0.15) is 0 Å². The van der Waals surface area contributed by atoms with Crippen LogP contribution in [0.5, 0.6) is 0 Å². The van der Waals surface area contributed by atoms with Crippen LogP contribution < -0.4 is 11.3 Å². The van der Waals surface area contributed by atoms with Crippen molar-refractivity contribution in [1.29, 1.82) is 0 Å². The number of aromatic nitrogens is 1. The van der Waals surface area contributed by atoms with Crippen molar-refractivity contribution >= 4 is 12.4 Å². The van der Waals surface area contributed by atoms with Gasteiger partial charge in [0.2, 0.25) is 0 Å². The Kier molecular flexibility index (Phi) is 3.76. The summed E-state index contributed by atoms with van der Waals surface area (Å²) in [7, 11) is 0. The molecule has 0 amide bonds. The van der Waals surface area contributed by atoms with Crippen molar-refractivity contribution in [2.75, 3.05) is 0 Å². The molecule has 3 nitrogen and oxygen atoms in total. The Balaban J connectivity index is 0.000000810. The molecule has 1 rings (SSSR count). The van der Waals surface area contributed by atoms with E-state index in [1.807, 2.05) is 0 Å². The first-order valence-corrected chi connectivity index (χ1v) is 2.71. The minimum absolute atomic E-state index is 0. The van der Waals surface area contributed by atoms with Crippen molar-refractivity contribution in [2.24, 2.45) is 5.73 Å². The number of H-pyrrole nitrogens is 1.